The van der Waals surface area contributed by atoms with E-state index in [0.29, 0.717) is 12.1 Å². The van der Waals surface area contributed by atoms with Gasteiger partial charge in [-0.25, -0.2) is 9.18 Å². The van der Waals surface area contributed by atoms with Crippen molar-refractivity contribution in [1.82, 2.24) is 9.88 Å². The zero-order valence-electron chi connectivity index (χ0n) is 16.6. The Labute approximate surface area is 184 Å². The van der Waals surface area contributed by atoms with Crippen LogP contribution in [0.5, 0.6) is 5.75 Å². The average Bonchev–Trinajstić information content (AvgIpc) is 2.78. The van der Waals surface area contributed by atoms with Crippen LogP contribution in [-0.4, -0.2) is 61.3 Å². The third-order valence-corrected chi connectivity index (χ3v) is 4.86. The van der Waals surface area contributed by atoms with Crippen molar-refractivity contribution in [1.29, 1.82) is 0 Å². The number of morpholine rings is 1. The monoisotopic (exact) mass is 476 g/mol. The van der Waals surface area contributed by atoms with E-state index in [1.165, 1.54) is 25.6 Å². The molecule has 0 radical (unpaired) electrons. The standard InChI is InChI=1S/C20H17ClF4N2O5/c1-30-19(29)11-4-13(8-26-7-11)32-10-14-9-27(2-3-31-14)18(28)15-5-12(20(23,24)25)6-16(21)17(15)22/h4-8,14H,2-3,9-10H2,1H3. The average molecular weight is 477 g/mol. The highest BCUT2D eigenvalue weighted by Crippen LogP contribution is 2.34. The second-order valence-corrected chi connectivity index (χ2v) is 7.18. The number of pyridine rings is 1. The predicted molar refractivity (Wildman–Crippen MR) is 103 cm³/mol. The van der Waals surface area contributed by atoms with Crippen LogP contribution in [0.2, 0.25) is 5.02 Å². The Morgan fingerprint density at radius 3 is 2.72 bits per heavy atom. The van der Waals surface area contributed by atoms with E-state index in [0.717, 1.165) is 4.90 Å². The lowest BCUT2D eigenvalue weighted by Crippen LogP contribution is -2.47. The zero-order chi connectivity index (χ0) is 23.5. The number of aromatic nitrogens is 1. The second-order valence-electron chi connectivity index (χ2n) is 6.77. The number of carbonyl (C=O) groups is 2. The largest absolute Gasteiger partial charge is 0.489 e. The van der Waals surface area contributed by atoms with Crippen LogP contribution in [0.4, 0.5) is 17.6 Å². The number of amides is 1. The van der Waals surface area contributed by atoms with Crippen LogP contribution in [0.3, 0.4) is 0 Å². The summed E-state index contributed by atoms with van der Waals surface area (Å²) in [4.78, 5) is 29.3. The van der Waals surface area contributed by atoms with E-state index in [9.17, 15) is 27.2 Å². The molecule has 2 heterocycles. The molecule has 12 heteroatoms. The summed E-state index contributed by atoms with van der Waals surface area (Å²) in [5.41, 5.74) is -1.83. The second kappa shape index (κ2) is 9.70. The molecule has 1 aliphatic rings. The maximum atomic E-state index is 14.3. The molecule has 32 heavy (non-hydrogen) atoms. The fourth-order valence-corrected chi connectivity index (χ4v) is 3.22. The maximum absolute atomic E-state index is 14.3. The number of alkyl halides is 3. The molecule has 0 bridgehead atoms. The summed E-state index contributed by atoms with van der Waals surface area (Å²) in [5, 5.41) is -0.797. The molecular weight excluding hydrogens is 460 g/mol. The highest BCUT2D eigenvalue weighted by Gasteiger charge is 2.35. The van der Waals surface area contributed by atoms with Gasteiger partial charge in [0.05, 0.1) is 48.2 Å². The van der Waals surface area contributed by atoms with Crippen LogP contribution >= 0.6 is 11.6 Å². The van der Waals surface area contributed by atoms with Crippen LogP contribution < -0.4 is 4.74 Å². The lowest BCUT2D eigenvalue weighted by molar-refractivity contribution is -0.137. The third kappa shape index (κ3) is 5.46. The molecule has 2 aromatic rings. The minimum absolute atomic E-state index is 0.0437. The number of rotatable bonds is 5. The van der Waals surface area contributed by atoms with Crippen molar-refractivity contribution in [3.05, 3.63) is 58.1 Å². The van der Waals surface area contributed by atoms with Gasteiger partial charge in [-0.15, -0.1) is 0 Å². The Balaban J connectivity index is 1.69. The Hall–Kier alpha value is -2.92. The topological polar surface area (TPSA) is 78.0 Å². The third-order valence-electron chi connectivity index (χ3n) is 4.58. The quantitative estimate of drug-likeness (QED) is 0.485. The van der Waals surface area contributed by atoms with Gasteiger partial charge in [0.2, 0.25) is 0 Å². The highest BCUT2D eigenvalue weighted by molar-refractivity contribution is 6.31. The molecule has 1 amide bonds. The minimum atomic E-state index is -4.79. The molecule has 1 unspecified atom stereocenters. The summed E-state index contributed by atoms with van der Waals surface area (Å²) in [7, 11) is 1.22. The molecule has 172 valence electrons. The van der Waals surface area contributed by atoms with Crippen molar-refractivity contribution >= 4 is 23.5 Å². The van der Waals surface area contributed by atoms with Gasteiger partial charge < -0.3 is 19.1 Å². The maximum Gasteiger partial charge on any atom is 0.416 e. The highest BCUT2D eigenvalue weighted by atomic mass is 35.5. The van der Waals surface area contributed by atoms with Gasteiger partial charge in [-0.3, -0.25) is 9.78 Å². The number of carbonyl (C=O) groups excluding carboxylic acids is 2. The summed E-state index contributed by atoms with van der Waals surface area (Å²) in [6.45, 7) is -0.00524. The fourth-order valence-electron chi connectivity index (χ4n) is 3.00. The Kier molecular flexibility index (Phi) is 7.19. The van der Waals surface area contributed by atoms with Crippen molar-refractivity contribution in [2.75, 3.05) is 33.4 Å². The van der Waals surface area contributed by atoms with Crippen molar-refractivity contribution in [3.63, 3.8) is 0 Å². The number of halogens is 5. The lowest BCUT2D eigenvalue weighted by atomic mass is 10.1. The van der Waals surface area contributed by atoms with Crippen LogP contribution in [0.15, 0.2) is 30.6 Å². The molecule has 1 aromatic carbocycles. The van der Waals surface area contributed by atoms with Gasteiger partial charge in [-0.2, -0.15) is 13.2 Å². The van der Waals surface area contributed by atoms with E-state index in [2.05, 4.69) is 9.72 Å². The van der Waals surface area contributed by atoms with Gasteiger partial charge in [0.15, 0.2) is 5.82 Å². The van der Waals surface area contributed by atoms with Gasteiger partial charge in [0.1, 0.15) is 18.5 Å². The molecule has 1 fully saturated rings. The smallest absolute Gasteiger partial charge is 0.416 e. The molecule has 0 spiro atoms. The van der Waals surface area contributed by atoms with Gasteiger partial charge in [-0.1, -0.05) is 11.6 Å². The van der Waals surface area contributed by atoms with Crippen molar-refractivity contribution in [3.8, 4) is 5.75 Å². The van der Waals surface area contributed by atoms with Crippen LogP contribution in [-0.2, 0) is 15.7 Å². The van der Waals surface area contributed by atoms with Crippen molar-refractivity contribution < 1.29 is 41.4 Å². The summed E-state index contributed by atoms with van der Waals surface area (Å²) in [6, 6.07) is 2.28. The van der Waals surface area contributed by atoms with Crippen LogP contribution in [0.1, 0.15) is 26.3 Å². The Morgan fingerprint density at radius 2 is 2.03 bits per heavy atom. The molecule has 0 N–H and O–H groups in total. The SMILES string of the molecule is COC(=O)c1cncc(OCC2CN(C(=O)c3cc(C(F)(F)F)cc(Cl)c3F)CCO2)c1. The van der Waals surface area contributed by atoms with Crippen LogP contribution in [0.25, 0.3) is 0 Å². The van der Waals surface area contributed by atoms with E-state index < -0.39 is 46.1 Å². The van der Waals surface area contributed by atoms with Gasteiger partial charge >= 0.3 is 12.1 Å². The molecule has 0 aliphatic carbocycles. The number of esters is 1. The number of hydrogen-bond donors (Lipinski definition) is 0. The normalized spacial score (nSPS) is 16.6. The van der Waals surface area contributed by atoms with Crippen molar-refractivity contribution in [2.24, 2.45) is 0 Å². The first-order valence-corrected chi connectivity index (χ1v) is 9.61. The first-order chi connectivity index (χ1) is 15.1. The van der Waals surface area contributed by atoms with Gasteiger partial charge in [0, 0.05) is 12.7 Å². The summed E-state index contributed by atoms with van der Waals surface area (Å²) in [5.74, 6) is -2.53. The zero-order valence-corrected chi connectivity index (χ0v) is 17.4. The molecule has 1 saturated heterocycles. The van der Waals surface area contributed by atoms with Gasteiger partial charge in [-0.05, 0) is 18.2 Å². The van der Waals surface area contributed by atoms with E-state index in [1.54, 1.807) is 0 Å². The summed E-state index contributed by atoms with van der Waals surface area (Å²) in [6.07, 6.45) is -2.79. The molecule has 1 atom stereocenters. The lowest BCUT2D eigenvalue weighted by Gasteiger charge is -2.33. The van der Waals surface area contributed by atoms with E-state index in [1.807, 2.05) is 0 Å². The molecule has 0 saturated carbocycles. The number of benzene rings is 1. The predicted octanol–water partition coefficient (Wildman–Crippen LogP) is 3.60. The molecule has 1 aromatic heterocycles. The number of nitrogens with zero attached hydrogens (tertiary/aromatic N) is 2. The Morgan fingerprint density at radius 1 is 1.28 bits per heavy atom. The fraction of sp³-hybridized carbons (Fsp3) is 0.350. The Bertz CT molecular complexity index is 1020. The summed E-state index contributed by atoms with van der Waals surface area (Å²) < 4.78 is 69.1. The van der Waals surface area contributed by atoms with E-state index >= 15 is 0 Å². The number of hydrogen-bond acceptors (Lipinski definition) is 6. The van der Waals surface area contributed by atoms with Crippen molar-refractivity contribution in [2.45, 2.75) is 12.3 Å². The van der Waals surface area contributed by atoms with Crippen LogP contribution in [0, 0.1) is 5.82 Å². The molecule has 3 rings (SSSR count). The summed E-state index contributed by atoms with van der Waals surface area (Å²) >= 11 is 5.57. The molecule has 1 aliphatic heterocycles. The first-order valence-electron chi connectivity index (χ1n) is 9.23. The number of methoxy groups -OCH3 is 1. The molecular formula is C20H17ClF4N2O5. The minimum Gasteiger partial charge on any atom is -0.489 e. The molecule has 7 nitrogen and oxygen atoms in total. The van der Waals surface area contributed by atoms with E-state index in [4.69, 9.17) is 21.1 Å². The first kappa shape index (κ1) is 23.7. The van der Waals surface area contributed by atoms with E-state index in [-0.39, 0.29) is 37.6 Å². The van der Waals surface area contributed by atoms with Gasteiger partial charge in [0.25, 0.3) is 5.91 Å². The number of ether oxygens (including phenoxy) is 3.